The van der Waals surface area contributed by atoms with Gasteiger partial charge in [0.05, 0.1) is 5.69 Å². The summed E-state index contributed by atoms with van der Waals surface area (Å²) in [6.45, 7) is 5.94. The number of nitrogens with zero attached hydrogens (tertiary/aromatic N) is 4. The molecule has 4 nitrogen and oxygen atoms in total. The van der Waals surface area contributed by atoms with E-state index in [0.717, 1.165) is 28.4 Å². The lowest BCUT2D eigenvalue weighted by Gasteiger charge is -2.05. The second-order valence-corrected chi connectivity index (χ2v) is 4.48. The average Bonchev–Trinajstić information content (AvgIpc) is 2.72. The molecular weight excluding hydrogens is 224 g/mol. The van der Waals surface area contributed by atoms with Crippen molar-refractivity contribution >= 4 is 11.2 Å². The van der Waals surface area contributed by atoms with Gasteiger partial charge in [0.25, 0.3) is 0 Å². The maximum absolute atomic E-state index is 4.49. The highest BCUT2D eigenvalue weighted by atomic mass is 15.1. The Hall–Kier alpha value is -2.23. The highest BCUT2D eigenvalue weighted by molar-refractivity contribution is 5.75. The monoisotopic (exact) mass is 238 g/mol. The van der Waals surface area contributed by atoms with Gasteiger partial charge in [0.15, 0.2) is 5.65 Å². The van der Waals surface area contributed by atoms with E-state index in [4.69, 9.17) is 0 Å². The van der Waals surface area contributed by atoms with Crippen LogP contribution in [0.5, 0.6) is 0 Å². The molecule has 1 aromatic carbocycles. The van der Waals surface area contributed by atoms with Gasteiger partial charge < -0.3 is 0 Å². The molecule has 0 unspecified atom stereocenters. The number of hydrogen-bond donors (Lipinski definition) is 0. The van der Waals surface area contributed by atoms with Crippen molar-refractivity contribution in [1.82, 2.24) is 19.5 Å². The van der Waals surface area contributed by atoms with Gasteiger partial charge in [-0.15, -0.1) is 0 Å². The van der Waals surface area contributed by atoms with E-state index in [1.165, 1.54) is 5.56 Å². The molecule has 0 saturated carbocycles. The summed E-state index contributed by atoms with van der Waals surface area (Å²) in [5.74, 6) is 0.773. The molecule has 0 spiro atoms. The number of aromatic nitrogens is 4. The van der Waals surface area contributed by atoms with E-state index >= 15 is 0 Å². The van der Waals surface area contributed by atoms with Gasteiger partial charge in [0.1, 0.15) is 17.7 Å². The zero-order valence-electron chi connectivity index (χ0n) is 10.7. The van der Waals surface area contributed by atoms with Gasteiger partial charge >= 0.3 is 0 Å². The molecule has 0 aliphatic rings. The molecule has 0 amide bonds. The first-order chi connectivity index (χ1) is 8.65. The maximum atomic E-state index is 4.49. The average molecular weight is 238 g/mol. The van der Waals surface area contributed by atoms with Crippen molar-refractivity contribution in [3.8, 4) is 5.69 Å². The van der Waals surface area contributed by atoms with Crippen LogP contribution in [0.25, 0.3) is 16.9 Å². The smallest absolute Gasteiger partial charge is 0.168 e. The van der Waals surface area contributed by atoms with Gasteiger partial charge in [-0.05, 0) is 38.5 Å². The summed E-state index contributed by atoms with van der Waals surface area (Å²) in [7, 11) is 0. The molecule has 90 valence electrons. The third kappa shape index (κ3) is 1.66. The SMILES string of the molecule is Cc1cccc(-n2cnc3c(C)nc(C)nc32)c1. The fourth-order valence-electron chi connectivity index (χ4n) is 2.14. The lowest BCUT2D eigenvalue weighted by molar-refractivity contribution is 1.01. The van der Waals surface area contributed by atoms with Crippen molar-refractivity contribution in [1.29, 1.82) is 0 Å². The van der Waals surface area contributed by atoms with E-state index in [1.807, 2.05) is 24.5 Å². The van der Waals surface area contributed by atoms with Crippen LogP contribution in [0.3, 0.4) is 0 Å². The first kappa shape index (κ1) is 10.9. The van der Waals surface area contributed by atoms with Crippen LogP contribution in [0.2, 0.25) is 0 Å². The topological polar surface area (TPSA) is 43.6 Å². The number of aryl methyl sites for hydroxylation is 3. The Kier molecular flexibility index (Phi) is 2.37. The molecule has 0 saturated heterocycles. The van der Waals surface area contributed by atoms with E-state index in [9.17, 15) is 0 Å². The molecule has 2 heterocycles. The fraction of sp³-hybridized carbons (Fsp3) is 0.214. The Morgan fingerprint density at radius 2 is 1.89 bits per heavy atom. The Bertz CT molecular complexity index is 728. The van der Waals surface area contributed by atoms with Crippen LogP contribution in [-0.4, -0.2) is 19.5 Å². The normalized spacial score (nSPS) is 11.1. The molecule has 0 bridgehead atoms. The predicted octanol–water partition coefficient (Wildman–Crippen LogP) is 2.74. The van der Waals surface area contributed by atoms with Gasteiger partial charge in [-0.1, -0.05) is 12.1 Å². The quantitative estimate of drug-likeness (QED) is 0.654. The zero-order chi connectivity index (χ0) is 12.7. The van der Waals surface area contributed by atoms with E-state index in [-0.39, 0.29) is 0 Å². The molecule has 18 heavy (non-hydrogen) atoms. The molecule has 0 fully saturated rings. The third-order valence-electron chi connectivity index (χ3n) is 2.96. The highest BCUT2D eigenvalue weighted by Crippen LogP contribution is 2.18. The number of benzene rings is 1. The van der Waals surface area contributed by atoms with E-state index in [1.54, 1.807) is 6.33 Å². The van der Waals surface area contributed by atoms with Crippen LogP contribution in [0, 0.1) is 20.8 Å². The minimum atomic E-state index is 0.773. The van der Waals surface area contributed by atoms with Crippen LogP contribution in [0.1, 0.15) is 17.1 Å². The summed E-state index contributed by atoms with van der Waals surface area (Å²) < 4.78 is 2.00. The minimum Gasteiger partial charge on any atom is -0.283 e. The molecule has 0 N–H and O–H groups in total. The van der Waals surface area contributed by atoms with Crippen LogP contribution in [-0.2, 0) is 0 Å². The van der Waals surface area contributed by atoms with Crippen molar-refractivity contribution in [2.75, 3.05) is 0 Å². The molecule has 4 heteroatoms. The van der Waals surface area contributed by atoms with Gasteiger partial charge in [0, 0.05) is 5.69 Å². The summed E-state index contributed by atoms with van der Waals surface area (Å²) in [5.41, 5.74) is 4.95. The third-order valence-corrected chi connectivity index (χ3v) is 2.96. The van der Waals surface area contributed by atoms with Crippen LogP contribution < -0.4 is 0 Å². The summed E-state index contributed by atoms with van der Waals surface area (Å²) in [5, 5.41) is 0. The largest absolute Gasteiger partial charge is 0.283 e. The second kappa shape index (κ2) is 3.91. The predicted molar refractivity (Wildman–Crippen MR) is 70.9 cm³/mol. The summed E-state index contributed by atoms with van der Waals surface area (Å²) >= 11 is 0. The van der Waals surface area contributed by atoms with E-state index in [2.05, 4.69) is 40.1 Å². The Morgan fingerprint density at radius 1 is 1.06 bits per heavy atom. The maximum Gasteiger partial charge on any atom is 0.168 e. The van der Waals surface area contributed by atoms with Crippen molar-refractivity contribution in [2.24, 2.45) is 0 Å². The number of fused-ring (bicyclic) bond motifs is 1. The summed E-state index contributed by atoms with van der Waals surface area (Å²) in [4.78, 5) is 13.2. The Morgan fingerprint density at radius 3 is 2.67 bits per heavy atom. The van der Waals surface area contributed by atoms with Gasteiger partial charge in [-0.3, -0.25) is 4.57 Å². The van der Waals surface area contributed by atoms with Crippen molar-refractivity contribution in [2.45, 2.75) is 20.8 Å². The molecule has 0 radical (unpaired) electrons. The fourth-order valence-corrected chi connectivity index (χ4v) is 2.14. The second-order valence-electron chi connectivity index (χ2n) is 4.48. The summed E-state index contributed by atoms with van der Waals surface area (Å²) in [6.07, 6.45) is 1.81. The van der Waals surface area contributed by atoms with Gasteiger partial charge in [0.2, 0.25) is 0 Å². The van der Waals surface area contributed by atoms with Gasteiger partial charge in [-0.2, -0.15) is 0 Å². The molecule has 0 atom stereocenters. The lowest BCUT2D eigenvalue weighted by Crippen LogP contribution is -1.98. The number of imidazole rings is 1. The van der Waals surface area contributed by atoms with Crippen molar-refractivity contribution in [3.05, 3.63) is 47.7 Å². The first-order valence-corrected chi connectivity index (χ1v) is 5.90. The van der Waals surface area contributed by atoms with Gasteiger partial charge in [-0.25, -0.2) is 15.0 Å². The Balaban J connectivity index is 2.30. The standard InChI is InChI=1S/C14H14N4/c1-9-5-4-6-12(7-9)18-8-15-13-10(2)16-11(3)17-14(13)18/h4-8H,1-3H3. The molecule has 3 rings (SSSR count). The van der Waals surface area contributed by atoms with Crippen molar-refractivity contribution < 1.29 is 0 Å². The molecule has 0 aliphatic carbocycles. The zero-order valence-corrected chi connectivity index (χ0v) is 10.7. The molecule has 3 aromatic rings. The van der Waals surface area contributed by atoms with E-state index in [0.29, 0.717) is 0 Å². The number of rotatable bonds is 1. The summed E-state index contributed by atoms with van der Waals surface area (Å²) in [6, 6.07) is 8.29. The van der Waals surface area contributed by atoms with Crippen molar-refractivity contribution in [3.63, 3.8) is 0 Å². The minimum absolute atomic E-state index is 0.773. The van der Waals surface area contributed by atoms with E-state index < -0.39 is 0 Å². The first-order valence-electron chi connectivity index (χ1n) is 5.90. The number of hydrogen-bond acceptors (Lipinski definition) is 3. The molecular formula is C14H14N4. The Labute approximate surface area is 105 Å². The highest BCUT2D eigenvalue weighted by Gasteiger charge is 2.09. The van der Waals surface area contributed by atoms with Crippen LogP contribution in [0.4, 0.5) is 0 Å². The molecule has 0 aliphatic heterocycles. The lowest BCUT2D eigenvalue weighted by atomic mass is 10.2. The molecule has 2 aromatic heterocycles. The van der Waals surface area contributed by atoms with Crippen LogP contribution in [0.15, 0.2) is 30.6 Å². The van der Waals surface area contributed by atoms with Crippen LogP contribution >= 0.6 is 0 Å².